The van der Waals surface area contributed by atoms with Crippen LogP contribution in [0.4, 0.5) is 23.7 Å². The summed E-state index contributed by atoms with van der Waals surface area (Å²) in [4.78, 5) is 11.9. The maximum absolute atomic E-state index is 12.2. The lowest BCUT2D eigenvalue weighted by atomic mass is 10.1. The van der Waals surface area contributed by atoms with Gasteiger partial charge in [0.2, 0.25) is 0 Å². The molecule has 0 aliphatic rings. The summed E-state index contributed by atoms with van der Waals surface area (Å²) in [5.74, 6) is 0.0579. The summed E-state index contributed by atoms with van der Waals surface area (Å²) in [6.45, 7) is 2.00. The average Bonchev–Trinajstić information content (AvgIpc) is 2.46. The molecule has 0 fully saturated rings. The number of hydrogen-bond acceptors (Lipinski definition) is 3. The number of aliphatic hydroxyl groups is 1. The Balaban J connectivity index is 2.71. The van der Waals surface area contributed by atoms with Gasteiger partial charge >= 0.3 is 12.2 Å². The SMILES string of the molecule is CCC(CCO)NC(=O)Nc1cccc(OCC(F)(F)F)c1C. The zero-order chi connectivity index (χ0) is 17.5. The first-order chi connectivity index (χ1) is 10.8. The smallest absolute Gasteiger partial charge is 0.422 e. The van der Waals surface area contributed by atoms with Gasteiger partial charge < -0.3 is 20.5 Å². The molecule has 0 heterocycles. The highest BCUT2D eigenvalue weighted by Crippen LogP contribution is 2.27. The van der Waals surface area contributed by atoms with E-state index in [2.05, 4.69) is 10.6 Å². The Kier molecular flexibility index (Phi) is 7.15. The number of alkyl halides is 3. The van der Waals surface area contributed by atoms with E-state index in [1.807, 2.05) is 6.92 Å². The number of carbonyl (C=O) groups is 1. The molecular weight excluding hydrogens is 313 g/mol. The quantitative estimate of drug-likeness (QED) is 0.717. The van der Waals surface area contributed by atoms with Crippen molar-refractivity contribution in [2.75, 3.05) is 18.5 Å². The third-order valence-corrected chi connectivity index (χ3v) is 3.23. The molecule has 0 aliphatic carbocycles. The lowest BCUT2D eigenvalue weighted by Crippen LogP contribution is -2.38. The van der Waals surface area contributed by atoms with Gasteiger partial charge in [0, 0.05) is 23.9 Å². The Hall–Kier alpha value is -1.96. The summed E-state index contributed by atoms with van der Waals surface area (Å²) in [6.07, 6.45) is -3.34. The maximum Gasteiger partial charge on any atom is 0.422 e. The second kappa shape index (κ2) is 8.61. The van der Waals surface area contributed by atoms with Crippen LogP contribution in [0, 0.1) is 6.92 Å². The summed E-state index contributed by atoms with van der Waals surface area (Å²) in [5, 5.41) is 14.2. The first-order valence-corrected chi connectivity index (χ1v) is 7.24. The van der Waals surface area contributed by atoms with Crippen molar-refractivity contribution >= 4 is 11.7 Å². The molecule has 8 heteroatoms. The molecule has 1 aromatic carbocycles. The summed E-state index contributed by atoms with van der Waals surface area (Å²) in [5.41, 5.74) is 0.767. The van der Waals surface area contributed by atoms with E-state index in [9.17, 15) is 18.0 Å². The second-order valence-corrected chi connectivity index (χ2v) is 5.05. The normalized spacial score (nSPS) is 12.6. The van der Waals surface area contributed by atoms with E-state index in [1.165, 1.54) is 12.1 Å². The minimum Gasteiger partial charge on any atom is -0.484 e. The molecule has 1 unspecified atom stereocenters. The average molecular weight is 334 g/mol. The van der Waals surface area contributed by atoms with Crippen LogP contribution in [0.2, 0.25) is 0 Å². The van der Waals surface area contributed by atoms with E-state index in [1.54, 1.807) is 13.0 Å². The van der Waals surface area contributed by atoms with E-state index in [4.69, 9.17) is 9.84 Å². The zero-order valence-corrected chi connectivity index (χ0v) is 13.0. The van der Waals surface area contributed by atoms with Crippen LogP contribution in [0.1, 0.15) is 25.3 Å². The van der Waals surface area contributed by atoms with Gasteiger partial charge in [0.15, 0.2) is 6.61 Å². The summed E-state index contributed by atoms with van der Waals surface area (Å²) < 4.78 is 41.4. The number of nitrogens with one attached hydrogen (secondary N) is 2. The first kappa shape index (κ1) is 19.1. The van der Waals surface area contributed by atoms with Gasteiger partial charge in [0.1, 0.15) is 5.75 Å². The Morgan fingerprint density at radius 3 is 2.65 bits per heavy atom. The number of aliphatic hydroxyl groups excluding tert-OH is 1. The molecule has 1 atom stereocenters. The summed E-state index contributed by atoms with van der Waals surface area (Å²) in [6, 6.07) is 3.82. The Morgan fingerprint density at radius 2 is 2.09 bits per heavy atom. The number of urea groups is 1. The zero-order valence-electron chi connectivity index (χ0n) is 13.0. The molecule has 0 aliphatic heterocycles. The van der Waals surface area contributed by atoms with Gasteiger partial charge in [-0.05, 0) is 31.9 Å². The van der Waals surface area contributed by atoms with E-state index in [-0.39, 0.29) is 18.4 Å². The van der Waals surface area contributed by atoms with E-state index >= 15 is 0 Å². The van der Waals surface area contributed by atoms with Crippen LogP contribution in [-0.4, -0.2) is 36.6 Å². The lowest BCUT2D eigenvalue weighted by molar-refractivity contribution is -0.153. The Labute approximate surface area is 132 Å². The van der Waals surface area contributed by atoms with Crippen molar-refractivity contribution in [2.45, 2.75) is 38.9 Å². The van der Waals surface area contributed by atoms with Crippen LogP contribution in [0.25, 0.3) is 0 Å². The molecule has 23 heavy (non-hydrogen) atoms. The van der Waals surface area contributed by atoms with Crippen molar-refractivity contribution in [3.8, 4) is 5.75 Å². The highest BCUT2D eigenvalue weighted by molar-refractivity contribution is 5.90. The highest BCUT2D eigenvalue weighted by Gasteiger charge is 2.28. The molecule has 0 spiro atoms. The number of amides is 2. The molecule has 0 aromatic heterocycles. The van der Waals surface area contributed by atoms with Gasteiger partial charge in [-0.2, -0.15) is 13.2 Å². The summed E-state index contributed by atoms with van der Waals surface area (Å²) >= 11 is 0. The number of anilines is 1. The topological polar surface area (TPSA) is 70.6 Å². The van der Waals surface area contributed by atoms with Crippen molar-refractivity contribution in [1.82, 2.24) is 5.32 Å². The van der Waals surface area contributed by atoms with E-state index in [0.717, 1.165) is 0 Å². The molecule has 2 amide bonds. The molecule has 130 valence electrons. The number of benzene rings is 1. The third-order valence-electron chi connectivity index (χ3n) is 3.23. The number of carbonyl (C=O) groups excluding carboxylic acids is 1. The second-order valence-electron chi connectivity index (χ2n) is 5.05. The molecular formula is C15H21F3N2O3. The molecule has 1 rings (SSSR count). The minimum atomic E-state index is -4.42. The molecule has 0 saturated heterocycles. The van der Waals surface area contributed by atoms with Gasteiger partial charge in [-0.15, -0.1) is 0 Å². The highest BCUT2D eigenvalue weighted by atomic mass is 19.4. The predicted molar refractivity (Wildman–Crippen MR) is 80.7 cm³/mol. The van der Waals surface area contributed by atoms with Crippen LogP contribution in [0.3, 0.4) is 0 Å². The lowest BCUT2D eigenvalue weighted by Gasteiger charge is -2.18. The van der Waals surface area contributed by atoms with Gasteiger partial charge in [0.25, 0.3) is 0 Å². The van der Waals surface area contributed by atoms with Crippen molar-refractivity contribution in [1.29, 1.82) is 0 Å². The molecule has 0 radical (unpaired) electrons. The van der Waals surface area contributed by atoms with Crippen molar-refractivity contribution in [3.05, 3.63) is 23.8 Å². The van der Waals surface area contributed by atoms with Crippen LogP contribution < -0.4 is 15.4 Å². The van der Waals surface area contributed by atoms with Crippen LogP contribution >= 0.6 is 0 Å². The number of halogens is 3. The van der Waals surface area contributed by atoms with Gasteiger partial charge in [-0.1, -0.05) is 13.0 Å². The molecule has 3 N–H and O–H groups in total. The van der Waals surface area contributed by atoms with Gasteiger partial charge in [0.05, 0.1) is 0 Å². The molecule has 1 aromatic rings. The fraction of sp³-hybridized carbons (Fsp3) is 0.533. The van der Waals surface area contributed by atoms with Crippen LogP contribution in [0.5, 0.6) is 5.75 Å². The standard InChI is InChI=1S/C15H21F3N2O3/c1-3-11(7-8-21)19-14(22)20-12-5-4-6-13(10(12)2)23-9-15(16,17)18/h4-6,11,21H,3,7-9H2,1-2H3,(H2,19,20,22). The third kappa shape index (κ3) is 6.77. The summed E-state index contributed by atoms with van der Waals surface area (Å²) in [7, 11) is 0. The molecule has 0 saturated carbocycles. The maximum atomic E-state index is 12.2. The van der Waals surface area contributed by atoms with Gasteiger partial charge in [-0.3, -0.25) is 0 Å². The van der Waals surface area contributed by atoms with E-state index < -0.39 is 18.8 Å². The Morgan fingerprint density at radius 1 is 1.39 bits per heavy atom. The predicted octanol–water partition coefficient (Wildman–Crippen LogP) is 3.22. The van der Waals surface area contributed by atoms with E-state index in [0.29, 0.717) is 24.1 Å². The fourth-order valence-electron chi connectivity index (χ4n) is 1.94. The van der Waals surface area contributed by atoms with Gasteiger partial charge in [-0.25, -0.2) is 4.79 Å². The first-order valence-electron chi connectivity index (χ1n) is 7.24. The van der Waals surface area contributed by atoms with Crippen molar-refractivity contribution in [3.63, 3.8) is 0 Å². The fourth-order valence-corrected chi connectivity index (χ4v) is 1.94. The number of ether oxygens (including phenoxy) is 1. The number of hydrogen-bond donors (Lipinski definition) is 3. The Bertz CT molecular complexity index is 521. The van der Waals surface area contributed by atoms with Crippen LogP contribution in [-0.2, 0) is 0 Å². The van der Waals surface area contributed by atoms with Crippen molar-refractivity contribution in [2.24, 2.45) is 0 Å². The molecule has 5 nitrogen and oxygen atoms in total. The monoisotopic (exact) mass is 334 g/mol. The number of rotatable bonds is 7. The molecule has 0 bridgehead atoms. The van der Waals surface area contributed by atoms with Crippen molar-refractivity contribution < 1.29 is 27.8 Å². The largest absolute Gasteiger partial charge is 0.484 e. The minimum absolute atomic E-state index is 0.0431. The van der Waals surface area contributed by atoms with Crippen LogP contribution in [0.15, 0.2) is 18.2 Å².